The molecule has 0 radical (unpaired) electrons. The van der Waals surface area contributed by atoms with Crippen LogP contribution < -0.4 is 11.5 Å². The van der Waals surface area contributed by atoms with Crippen LogP contribution >= 0.6 is 0 Å². The van der Waals surface area contributed by atoms with Gasteiger partial charge in [-0.25, -0.2) is 9.97 Å². The molecule has 4 N–H and O–H groups in total. The van der Waals surface area contributed by atoms with E-state index in [2.05, 4.69) is 9.97 Å². The summed E-state index contributed by atoms with van der Waals surface area (Å²) in [5.74, 6) is 1.11. The zero-order chi connectivity index (χ0) is 9.14. The van der Waals surface area contributed by atoms with Crippen LogP contribution in [-0.4, -0.2) is 9.97 Å². The molecule has 0 aliphatic carbocycles. The van der Waals surface area contributed by atoms with Crippen molar-refractivity contribution in [3.8, 4) is 0 Å². The maximum absolute atomic E-state index is 5.60. The van der Waals surface area contributed by atoms with Gasteiger partial charge in [0.2, 0.25) is 0 Å². The van der Waals surface area contributed by atoms with Crippen molar-refractivity contribution in [1.82, 2.24) is 9.97 Å². The summed E-state index contributed by atoms with van der Waals surface area (Å²) in [6.07, 6.45) is 1.62. The van der Waals surface area contributed by atoms with E-state index >= 15 is 0 Å². The molecule has 0 atom stereocenters. The third-order valence-electron chi connectivity index (χ3n) is 1.63. The number of nitrogen functional groups attached to an aromatic ring is 1. The lowest BCUT2D eigenvalue weighted by molar-refractivity contribution is 0.758. The maximum atomic E-state index is 5.60. The van der Waals surface area contributed by atoms with E-state index in [1.54, 1.807) is 6.20 Å². The van der Waals surface area contributed by atoms with Crippen molar-refractivity contribution in [2.24, 2.45) is 5.73 Å². The van der Waals surface area contributed by atoms with Gasteiger partial charge in [0.05, 0.1) is 17.6 Å². The van der Waals surface area contributed by atoms with Crippen molar-refractivity contribution in [1.29, 1.82) is 0 Å². The Morgan fingerprint density at radius 1 is 1.50 bits per heavy atom. The third-order valence-corrected chi connectivity index (χ3v) is 1.63. The summed E-state index contributed by atoms with van der Waals surface area (Å²) in [6.45, 7) is 4.44. The van der Waals surface area contributed by atoms with Crippen LogP contribution in [0.4, 0.5) is 5.69 Å². The van der Waals surface area contributed by atoms with E-state index in [0.717, 1.165) is 11.5 Å². The highest BCUT2D eigenvalue weighted by atomic mass is 14.9. The third kappa shape index (κ3) is 1.71. The molecule has 0 fully saturated rings. The van der Waals surface area contributed by atoms with Crippen LogP contribution in [0.5, 0.6) is 0 Å². The molecule has 0 saturated heterocycles. The van der Waals surface area contributed by atoms with Crippen molar-refractivity contribution in [2.45, 2.75) is 26.3 Å². The van der Waals surface area contributed by atoms with Gasteiger partial charge in [0.25, 0.3) is 0 Å². The van der Waals surface area contributed by atoms with Crippen molar-refractivity contribution >= 4 is 5.69 Å². The molecule has 12 heavy (non-hydrogen) atoms. The van der Waals surface area contributed by atoms with E-state index in [1.807, 2.05) is 13.8 Å². The minimum atomic E-state index is 0.316. The van der Waals surface area contributed by atoms with Gasteiger partial charge in [0.15, 0.2) is 0 Å². The molecule has 4 nitrogen and oxygen atoms in total. The summed E-state index contributed by atoms with van der Waals surface area (Å²) in [7, 11) is 0. The first-order valence-corrected chi connectivity index (χ1v) is 3.96. The zero-order valence-corrected chi connectivity index (χ0v) is 7.41. The second-order valence-corrected chi connectivity index (χ2v) is 2.99. The number of nitrogens with two attached hydrogens (primary N) is 2. The van der Waals surface area contributed by atoms with E-state index < -0.39 is 0 Å². The lowest BCUT2D eigenvalue weighted by Crippen LogP contribution is -2.08. The molecule has 0 amide bonds. The van der Waals surface area contributed by atoms with Gasteiger partial charge in [-0.3, -0.25) is 0 Å². The fraction of sp³-hybridized carbons (Fsp3) is 0.500. The summed E-state index contributed by atoms with van der Waals surface area (Å²) < 4.78 is 0. The van der Waals surface area contributed by atoms with Crippen molar-refractivity contribution in [3.05, 3.63) is 17.7 Å². The van der Waals surface area contributed by atoms with E-state index in [9.17, 15) is 0 Å². The smallest absolute Gasteiger partial charge is 0.131 e. The van der Waals surface area contributed by atoms with Gasteiger partial charge < -0.3 is 11.5 Å². The first kappa shape index (κ1) is 8.93. The molecule has 66 valence electrons. The highest BCUT2D eigenvalue weighted by Gasteiger charge is 2.05. The minimum Gasteiger partial charge on any atom is -0.396 e. The van der Waals surface area contributed by atoms with Crippen molar-refractivity contribution in [2.75, 3.05) is 5.73 Å². The fourth-order valence-corrected chi connectivity index (χ4v) is 0.884. The highest BCUT2D eigenvalue weighted by Crippen LogP contribution is 2.12. The fourth-order valence-electron chi connectivity index (χ4n) is 0.884. The topological polar surface area (TPSA) is 77.8 Å². The Balaban J connectivity index is 3.05. The zero-order valence-electron chi connectivity index (χ0n) is 7.41. The predicted octanol–water partition coefficient (Wildman–Crippen LogP) is 0.641. The second-order valence-electron chi connectivity index (χ2n) is 2.99. The molecule has 0 aliphatic rings. The van der Waals surface area contributed by atoms with Gasteiger partial charge in [0, 0.05) is 12.5 Å². The molecule has 4 heteroatoms. The van der Waals surface area contributed by atoms with E-state index in [4.69, 9.17) is 11.5 Å². The summed E-state index contributed by atoms with van der Waals surface area (Å²) in [5, 5.41) is 0. The highest BCUT2D eigenvalue weighted by molar-refractivity contribution is 5.40. The largest absolute Gasteiger partial charge is 0.396 e. The van der Waals surface area contributed by atoms with Gasteiger partial charge >= 0.3 is 0 Å². The van der Waals surface area contributed by atoms with Crippen LogP contribution in [-0.2, 0) is 6.54 Å². The molecule has 0 bridgehead atoms. The van der Waals surface area contributed by atoms with Crippen LogP contribution in [0.15, 0.2) is 6.20 Å². The molecule has 1 aromatic heterocycles. The van der Waals surface area contributed by atoms with E-state index in [0.29, 0.717) is 18.2 Å². The van der Waals surface area contributed by atoms with Gasteiger partial charge in [-0.2, -0.15) is 0 Å². The number of aromatic nitrogens is 2. The first-order chi connectivity index (χ1) is 5.65. The van der Waals surface area contributed by atoms with Gasteiger partial charge in [-0.1, -0.05) is 13.8 Å². The summed E-state index contributed by atoms with van der Waals surface area (Å²) >= 11 is 0. The van der Waals surface area contributed by atoms with Gasteiger partial charge in [0.1, 0.15) is 5.82 Å². The van der Waals surface area contributed by atoms with Crippen LogP contribution in [0.3, 0.4) is 0 Å². The number of nitrogens with zero attached hydrogens (tertiary/aromatic N) is 2. The van der Waals surface area contributed by atoms with E-state index in [-0.39, 0.29) is 0 Å². The van der Waals surface area contributed by atoms with Gasteiger partial charge in [-0.05, 0) is 0 Å². The molecule has 0 unspecified atom stereocenters. The van der Waals surface area contributed by atoms with E-state index in [1.165, 1.54) is 0 Å². The summed E-state index contributed by atoms with van der Waals surface area (Å²) in [5.41, 5.74) is 12.3. The number of rotatable bonds is 2. The molecule has 1 heterocycles. The average Bonchev–Trinajstić information content (AvgIpc) is 2.05. The Bertz CT molecular complexity index is 270. The molecular weight excluding hydrogens is 152 g/mol. The Morgan fingerprint density at radius 2 is 2.17 bits per heavy atom. The Kier molecular flexibility index (Phi) is 2.60. The maximum Gasteiger partial charge on any atom is 0.131 e. The van der Waals surface area contributed by atoms with Crippen molar-refractivity contribution < 1.29 is 0 Å². The average molecular weight is 166 g/mol. The molecular formula is C8H14N4. The quantitative estimate of drug-likeness (QED) is 0.675. The molecule has 1 rings (SSSR count). The Labute approximate surface area is 72.0 Å². The molecule has 0 aromatic carbocycles. The minimum absolute atomic E-state index is 0.316. The monoisotopic (exact) mass is 166 g/mol. The Hall–Kier alpha value is -1.16. The lowest BCUT2D eigenvalue weighted by Gasteiger charge is -2.06. The lowest BCUT2D eigenvalue weighted by atomic mass is 10.2. The predicted molar refractivity (Wildman–Crippen MR) is 48.4 cm³/mol. The van der Waals surface area contributed by atoms with Crippen LogP contribution in [0.1, 0.15) is 31.3 Å². The summed E-state index contributed by atoms with van der Waals surface area (Å²) in [4.78, 5) is 8.32. The summed E-state index contributed by atoms with van der Waals surface area (Å²) in [6, 6.07) is 0. The second kappa shape index (κ2) is 3.49. The normalized spacial score (nSPS) is 10.7. The first-order valence-electron chi connectivity index (χ1n) is 3.96. The Morgan fingerprint density at radius 3 is 2.67 bits per heavy atom. The van der Waals surface area contributed by atoms with Crippen LogP contribution in [0.25, 0.3) is 0 Å². The standard InChI is InChI=1S/C8H14N4/c1-5(2)8-11-4-6(10)7(3-9)12-8/h4-5H,3,9-10H2,1-2H3. The van der Waals surface area contributed by atoms with Crippen LogP contribution in [0.2, 0.25) is 0 Å². The van der Waals surface area contributed by atoms with Crippen LogP contribution in [0, 0.1) is 0 Å². The molecule has 0 spiro atoms. The van der Waals surface area contributed by atoms with Crippen molar-refractivity contribution in [3.63, 3.8) is 0 Å². The number of hydrogen-bond acceptors (Lipinski definition) is 4. The number of anilines is 1. The van der Waals surface area contributed by atoms with Gasteiger partial charge in [-0.15, -0.1) is 0 Å². The number of hydrogen-bond donors (Lipinski definition) is 2. The molecule has 0 saturated carbocycles. The molecule has 1 aromatic rings. The SMILES string of the molecule is CC(C)c1ncc(N)c(CN)n1. The molecule has 0 aliphatic heterocycles.